The Hall–Kier alpha value is -1.99. The zero-order valence-electron chi connectivity index (χ0n) is 19.1. The average Bonchev–Trinajstić information content (AvgIpc) is 2.76. The van der Waals surface area contributed by atoms with Crippen molar-refractivity contribution < 1.29 is 37.4 Å². The molecule has 0 saturated carbocycles. The number of halogens is 2. The SMILES string of the molecule is C=C(C)C(=O)OCC(CC)(COC(=O)C(F)(CC)CC)COC(=O)C(F)(CC)CC. The molecule has 0 spiro atoms. The van der Waals surface area contributed by atoms with E-state index in [2.05, 4.69) is 6.58 Å². The lowest BCUT2D eigenvalue weighted by Gasteiger charge is -2.33. The quantitative estimate of drug-likeness (QED) is 0.225. The topological polar surface area (TPSA) is 78.9 Å². The zero-order chi connectivity index (χ0) is 23.6. The molecule has 0 atom stereocenters. The van der Waals surface area contributed by atoms with Crippen LogP contribution < -0.4 is 0 Å². The Balaban J connectivity index is 5.51. The van der Waals surface area contributed by atoms with E-state index in [4.69, 9.17) is 14.2 Å². The number of hydrogen-bond donors (Lipinski definition) is 0. The third-order valence-corrected chi connectivity index (χ3v) is 5.60. The summed E-state index contributed by atoms with van der Waals surface area (Å²) in [7, 11) is 0. The van der Waals surface area contributed by atoms with Crippen LogP contribution in [-0.2, 0) is 28.6 Å². The Morgan fingerprint density at radius 1 is 0.700 bits per heavy atom. The molecule has 0 N–H and O–H groups in total. The van der Waals surface area contributed by atoms with Crippen molar-refractivity contribution in [3.63, 3.8) is 0 Å². The van der Waals surface area contributed by atoms with Gasteiger partial charge in [-0.1, -0.05) is 41.2 Å². The molecule has 0 aromatic rings. The molecule has 0 heterocycles. The molecule has 0 rings (SSSR count). The molecule has 0 fully saturated rings. The van der Waals surface area contributed by atoms with Gasteiger partial charge >= 0.3 is 17.9 Å². The largest absolute Gasteiger partial charge is 0.462 e. The second kappa shape index (κ2) is 12.0. The first-order chi connectivity index (χ1) is 13.9. The molecule has 0 bridgehead atoms. The van der Waals surface area contributed by atoms with Crippen molar-refractivity contribution in [1.29, 1.82) is 0 Å². The molecule has 0 aromatic heterocycles. The predicted molar refractivity (Wildman–Crippen MR) is 109 cm³/mol. The summed E-state index contributed by atoms with van der Waals surface area (Å²) in [5, 5.41) is 0. The summed E-state index contributed by atoms with van der Waals surface area (Å²) in [6.07, 6.45) is 0.0277. The van der Waals surface area contributed by atoms with Crippen molar-refractivity contribution in [1.82, 2.24) is 0 Å². The van der Waals surface area contributed by atoms with Gasteiger partial charge in [0.05, 0.1) is 5.41 Å². The van der Waals surface area contributed by atoms with Gasteiger partial charge in [0, 0.05) is 5.57 Å². The first kappa shape index (κ1) is 28.0. The highest BCUT2D eigenvalue weighted by Crippen LogP contribution is 2.30. The summed E-state index contributed by atoms with van der Waals surface area (Å²) < 4.78 is 44.8. The fraction of sp³-hybridized carbons (Fsp3) is 0.773. The Kier molecular flexibility index (Phi) is 11.2. The van der Waals surface area contributed by atoms with E-state index in [0.29, 0.717) is 0 Å². The van der Waals surface area contributed by atoms with Crippen molar-refractivity contribution in [2.75, 3.05) is 19.8 Å². The lowest BCUT2D eigenvalue weighted by Crippen LogP contribution is -2.44. The molecule has 0 aromatic carbocycles. The second-order valence-corrected chi connectivity index (χ2v) is 7.71. The minimum atomic E-state index is -2.14. The monoisotopic (exact) mass is 434 g/mol. The van der Waals surface area contributed by atoms with Crippen LogP contribution in [0.15, 0.2) is 12.2 Å². The normalized spacial score (nSPS) is 12.3. The number of rotatable bonds is 14. The standard InChI is InChI=1S/C22H36F2O6/c1-8-20(13-28-17(25)16(6)7,14-29-18(26)21(23,9-2)10-3)15-30-19(27)22(24,11-4)12-5/h6,8-15H2,1-5,7H3. The van der Waals surface area contributed by atoms with Gasteiger partial charge in [0.25, 0.3) is 0 Å². The summed E-state index contributed by atoms with van der Waals surface area (Å²) in [6, 6.07) is 0. The van der Waals surface area contributed by atoms with E-state index in [0.717, 1.165) is 0 Å². The van der Waals surface area contributed by atoms with Gasteiger partial charge in [-0.05, 0) is 39.0 Å². The number of alkyl halides is 2. The highest BCUT2D eigenvalue weighted by atomic mass is 19.1. The maximum Gasteiger partial charge on any atom is 0.343 e. The molecule has 174 valence electrons. The van der Waals surface area contributed by atoms with Gasteiger partial charge in [-0.15, -0.1) is 0 Å². The van der Waals surface area contributed by atoms with Crippen LogP contribution in [0.5, 0.6) is 0 Å². The molecular formula is C22H36F2O6. The van der Waals surface area contributed by atoms with E-state index in [1.54, 1.807) is 6.92 Å². The van der Waals surface area contributed by atoms with Crippen LogP contribution >= 0.6 is 0 Å². The third-order valence-electron chi connectivity index (χ3n) is 5.60. The number of carbonyl (C=O) groups is 3. The first-order valence-electron chi connectivity index (χ1n) is 10.4. The molecule has 0 aliphatic rings. The van der Waals surface area contributed by atoms with Crippen LogP contribution in [0.4, 0.5) is 8.78 Å². The average molecular weight is 435 g/mol. The van der Waals surface area contributed by atoms with Gasteiger partial charge < -0.3 is 14.2 Å². The summed E-state index contributed by atoms with van der Waals surface area (Å²) in [5.74, 6) is -2.75. The van der Waals surface area contributed by atoms with E-state index in [9.17, 15) is 23.2 Å². The van der Waals surface area contributed by atoms with Crippen molar-refractivity contribution in [2.45, 2.75) is 85.0 Å². The maximum atomic E-state index is 14.6. The van der Waals surface area contributed by atoms with Gasteiger partial charge in [-0.25, -0.2) is 23.2 Å². The van der Waals surface area contributed by atoms with Gasteiger partial charge in [-0.2, -0.15) is 0 Å². The van der Waals surface area contributed by atoms with Crippen LogP contribution in [0, 0.1) is 5.41 Å². The predicted octanol–water partition coefficient (Wildman–Crippen LogP) is 4.65. The van der Waals surface area contributed by atoms with Crippen LogP contribution in [0.25, 0.3) is 0 Å². The van der Waals surface area contributed by atoms with Gasteiger partial charge in [0.15, 0.2) is 0 Å². The highest BCUT2D eigenvalue weighted by molar-refractivity contribution is 5.87. The number of carbonyl (C=O) groups excluding carboxylic acids is 3. The molecular weight excluding hydrogens is 398 g/mol. The first-order valence-corrected chi connectivity index (χ1v) is 10.4. The minimum absolute atomic E-state index is 0.0571. The van der Waals surface area contributed by atoms with Crippen molar-refractivity contribution >= 4 is 17.9 Å². The molecule has 0 aliphatic heterocycles. The summed E-state index contributed by atoms with van der Waals surface area (Å²) in [5.41, 5.74) is -5.26. The molecule has 0 unspecified atom stereocenters. The molecule has 0 aliphatic carbocycles. The van der Waals surface area contributed by atoms with E-state index >= 15 is 0 Å². The lowest BCUT2D eigenvalue weighted by molar-refractivity contribution is -0.174. The van der Waals surface area contributed by atoms with Crippen molar-refractivity contribution in [2.24, 2.45) is 5.41 Å². The fourth-order valence-electron chi connectivity index (χ4n) is 2.55. The van der Waals surface area contributed by atoms with Crippen LogP contribution in [0.1, 0.15) is 73.6 Å². The second-order valence-electron chi connectivity index (χ2n) is 7.71. The van der Waals surface area contributed by atoms with Crippen LogP contribution in [0.2, 0.25) is 0 Å². The van der Waals surface area contributed by atoms with E-state index < -0.39 is 34.7 Å². The van der Waals surface area contributed by atoms with Crippen molar-refractivity contribution in [3.8, 4) is 0 Å². The van der Waals surface area contributed by atoms with Gasteiger partial charge in [0.2, 0.25) is 11.3 Å². The number of ether oxygens (including phenoxy) is 3. The molecule has 30 heavy (non-hydrogen) atoms. The summed E-state index contributed by atoms with van der Waals surface area (Å²) >= 11 is 0. The Morgan fingerprint density at radius 2 is 1.03 bits per heavy atom. The fourth-order valence-corrected chi connectivity index (χ4v) is 2.55. The Morgan fingerprint density at radius 3 is 1.30 bits per heavy atom. The summed E-state index contributed by atoms with van der Waals surface area (Å²) in [4.78, 5) is 36.3. The molecule has 8 heteroatoms. The highest BCUT2D eigenvalue weighted by Gasteiger charge is 2.42. The molecule has 0 radical (unpaired) electrons. The Bertz CT molecular complexity index is 575. The zero-order valence-corrected chi connectivity index (χ0v) is 19.1. The van der Waals surface area contributed by atoms with Crippen molar-refractivity contribution in [3.05, 3.63) is 12.2 Å². The van der Waals surface area contributed by atoms with Crippen LogP contribution in [-0.4, -0.2) is 49.1 Å². The van der Waals surface area contributed by atoms with Gasteiger partial charge in [0.1, 0.15) is 19.8 Å². The number of esters is 3. The van der Waals surface area contributed by atoms with E-state index in [1.165, 1.54) is 34.6 Å². The van der Waals surface area contributed by atoms with Crippen LogP contribution in [0.3, 0.4) is 0 Å². The molecule has 0 amide bonds. The smallest absolute Gasteiger partial charge is 0.343 e. The van der Waals surface area contributed by atoms with Gasteiger partial charge in [-0.3, -0.25) is 0 Å². The Labute approximate surface area is 178 Å². The molecule has 6 nitrogen and oxygen atoms in total. The maximum absolute atomic E-state index is 14.6. The lowest BCUT2D eigenvalue weighted by atomic mass is 9.87. The summed E-state index contributed by atoms with van der Waals surface area (Å²) in [6.45, 7) is 11.8. The molecule has 0 saturated heterocycles. The van der Waals surface area contributed by atoms with E-state index in [1.807, 2.05) is 0 Å². The number of hydrogen-bond acceptors (Lipinski definition) is 6. The third kappa shape index (κ3) is 7.36. The van der Waals surface area contributed by atoms with E-state index in [-0.39, 0.29) is 57.5 Å². The minimum Gasteiger partial charge on any atom is -0.462 e.